The van der Waals surface area contributed by atoms with Crippen LogP contribution in [-0.4, -0.2) is 36.8 Å². The van der Waals surface area contributed by atoms with E-state index in [4.69, 9.17) is 0 Å². The summed E-state index contributed by atoms with van der Waals surface area (Å²) in [4.78, 5) is 12.5. The molecule has 0 aliphatic carbocycles. The molecule has 0 bridgehead atoms. The maximum absolute atomic E-state index is 12.5. The number of hydrogen-bond acceptors (Lipinski definition) is 3. The minimum atomic E-state index is -0.323. The predicted molar refractivity (Wildman–Crippen MR) is 182 cm³/mol. The summed E-state index contributed by atoms with van der Waals surface area (Å²) >= 11 is 0. The SMILES string of the molecule is CCCCCCCC/C=C\CCCCCCCC(=O)NC(CNC)CC(O)CCCCCCCCCCCCCC. The molecule has 4 heteroatoms. The molecule has 0 aliphatic heterocycles. The van der Waals surface area contributed by atoms with Gasteiger partial charge in [0.15, 0.2) is 0 Å². The Morgan fingerprint density at radius 3 is 1.49 bits per heavy atom. The van der Waals surface area contributed by atoms with Gasteiger partial charge in [-0.05, 0) is 52.0 Å². The number of aliphatic hydroxyl groups is 1. The van der Waals surface area contributed by atoms with Crippen LogP contribution < -0.4 is 10.6 Å². The van der Waals surface area contributed by atoms with Gasteiger partial charge < -0.3 is 15.7 Å². The average Bonchev–Trinajstić information content (AvgIpc) is 2.95. The normalized spacial score (nSPS) is 13.2. The first-order valence-corrected chi connectivity index (χ1v) is 18.4. The second-order valence-corrected chi connectivity index (χ2v) is 12.7. The van der Waals surface area contributed by atoms with Gasteiger partial charge in [0.25, 0.3) is 0 Å². The van der Waals surface area contributed by atoms with E-state index in [0.29, 0.717) is 19.4 Å². The number of likely N-dealkylation sites (N-methyl/N-ethyl adjacent to an activating group) is 1. The van der Waals surface area contributed by atoms with Crippen LogP contribution in [0, 0.1) is 0 Å². The van der Waals surface area contributed by atoms with Gasteiger partial charge in [-0.3, -0.25) is 4.79 Å². The van der Waals surface area contributed by atoms with Crippen molar-refractivity contribution in [3.63, 3.8) is 0 Å². The fourth-order valence-electron chi connectivity index (χ4n) is 5.76. The first-order chi connectivity index (χ1) is 20.1. The Bertz CT molecular complexity index is 551. The fourth-order valence-corrected chi connectivity index (χ4v) is 5.76. The zero-order valence-electron chi connectivity index (χ0n) is 28.2. The summed E-state index contributed by atoms with van der Waals surface area (Å²) in [6.45, 7) is 5.27. The number of carbonyl (C=O) groups excluding carboxylic acids is 1. The maximum Gasteiger partial charge on any atom is 0.220 e. The molecule has 0 aliphatic rings. The van der Waals surface area contributed by atoms with Crippen LogP contribution in [0.25, 0.3) is 0 Å². The summed E-state index contributed by atoms with van der Waals surface area (Å²) < 4.78 is 0. The van der Waals surface area contributed by atoms with Gasteiger partial charge in [0, 0.05) is 19.0 Å². The summed E-state index contributed by atoms with van der Waals surface area (Å²) in [5.41, 5.74) is 0. The van der Waals surface area contributed by atoms with Crippen LogP contribution in [0.4, 0.5) is 0 Å². The van der Waals surface area contributed by atoms with Crippen molar-refractivity contribution in [3.8, 4) is 0 Å². The summed E-state index contributed by atoms with van der Waals surface area (Å²) in [6.07, 6.45) is 39.1. The highest BCUT2D eigenvalue weighted by Crippen LogP contribution is 2.15. The predicted octanol–water partition coefficient (Wildman–Crippen LogP) is 10.6. The van der Waals surface area contributed by atoms with E-state index in [1.807, 2.05) is 7.05 Å². The van der Waals surface area contributed by atoms with Gasteiger partial charge in [0.2, 0.25) is 5.91 Å². The van der Waals surface area contributed by atoms with Gasteiger partial charge in [-0.2, -0.15) is 0 Å². The summed E-state index contributed by atoms with van der Waals surface area (Å²) in [7, 11) is 1.92. The van der Waals surface area contributed by atoms with Crippen LogP contribution in [0.3, 0.4) is 0 Å². The number of unbranched alkanes of at least 4 members (excludes halogenated alkanes) is 22. The van der Waals surface area contributed by atoms with Crippen molar-refractivity contribution in [2.75, 3.05) is 13.6 Å². The first-order valence-electron chi connectivity index (χ1n) is 18.4. The summed E-state index contributed by atoms with van der Waals surface area (Å²) in [5.74, 6) is 0.139. The van der Waals surface area contributed by atoms with Gasteiger partial charge in [-0.1, -0.05) is 154 Å². The van der Waals surface area contributed by atoms with E-state index >= 15 is 0 Å². The monoisotopic (exact) mass is 579 g/mol. The van der Waals surface area contributed by atoms with Crippen LogP contribution >= 0.6 is 0 Å². The van der Waals surface area contributed by atoms with E-state index in [1.54, 1.807) is 0 Å². The molecular weight excluding hydrogens is 504 g/mol. The van der Waals surface area contributed by atoms with E-state index in [9.17, 15) is 9.90 Å². The van der Waals surface area contributed by atoms with Crippen LogP contribution in [0.1, 0.15) is 194 Å². The molecule has 2 atom stereocenters. The molecule has 0 spiro atoms. The Balaban J connectivity index is 3.68. The van der Waals surface area contributed by atoms with Gasteiger partial charge in [0.1, 0.15) is 0 Å². The number of aliphatic hydroxyl groups excluding tert-OH is 1. The minimum Gasteiger partial charge on any atom is -0.393 e. The molecule has 0 radical (unpaired) electrons. The summed E-state index contributed by atoms with van der Waals surface area (Å²) in [5, 5.41) is 16.9. The zero-order chi connectivity index (χ0) is 30.1. The highest BCUT2D eigenvalue weighted by molar-refractivity contribution is 5.76. The van der Waals surface area contributed by atoms with Crippen molar-refractivity contribution in [1.82, 2.24) is 10.6 Å². The van der Waals surface area contributed by atoms with Crippen LogP contribution in [0.15, 0.2) is 12.2 Å². The number of carbonyl (C=O) groups is 1. The Morgan fingerprint density at radius 1 is 0.610 bits per heavy atom. The quantitative estimate of drug-likeness (QED) is 0.0536. The van der Waals surface area contributed by atoms with Crippen LogP contribution in [-0.2, 0) is 4.79 Å². The minimum absolute atomic E-state index is 0.0166. The molecule has 0 saturated heterocycles. The van der Waals surface area contributed by atoms with Crippen LogP contribution in [0.5, 0.6) is 0 Å². The van der Waals surface area contributed by atoms with Crippen LogP contribution in [0.2, 0.25) is 0 Å². The number of allylic oxidation sites excluding steroid dienone is 2. The van der Waals surface area contributed by atoms with Gasteiger partial charge in [0.05, 0.1) is 6.10 Å². The molecule has 0 aromatic rings. The Labute approximate surface area is 257 Å². The largest absolute Gasteiger partial charge is 0.393 e. The molecule has 0 saturated carbocycles. The Hall–Kier alpha value is -0.870. The molecule has 0 fully saturated rings. The lowest BCUT2D eigenvalue weighted by Gasteiger charge is -2.21. The number of nitrogens with one attached hydrogen (secondary N) is 2. The van der Waals surface area contributed by atoms with E-state index in [1.165, 1.54) is 141 Å². The van der Waals surface area contributed by atoms with Crippen molar-refractivity contribution >= 4 is 5.91 Å². The molecule has 0 heterocycles. The Kier molecular flexibility index (Phi) is 32.9. The van der Waals surface area contributed by atoms with Crippen molar-refractivity contribution < 1.29 is 9.90 Å². The molecule has 0 rings (SSSR count). The molecule has 3 N–H and O–H groups in total. The van der Waals surface area contributed by atoms with Gasteiger partial charge in [-0.15, -0.1) is 0 Å². The topological polar surface area (TPSA) is 61.4 Å². The van der Waals surface area contributed by atoms with Crippen molar-refractivity contribution in [1.29, 1.82) is 0 Å². The van der Waals surface area contributed by atoms with E-state index < -0.39 is 0 Å². The Morgan fingerprint density at radius 2 is 1.02 bits per heavy atom. The number of amides is 1. The van der Waals surface area contributed by atoms with Crippen molar-refractivity contribution in [2.45, 2.75) is 206 Å². The second-order valence-electron chi connectivity index (χ2n) is 12.7. The van der Waals surface area contributed by atoms with E-state index in [0.717, 1.165) is 25.7 Å². The third-order valence-corrected chi connectivity index (χ3v) is 8.43. The lowest BCUT2D eigenvalue weighted by molar-refractivity contribution is -0.122. The van der Waals surface area contributed by atoms with Crippen molar-refractivity contribution in [3.05, 3.63) is 12.2 Å². The van der Waals surface area contributed by atoms with Gasteiger partial charge in [-0.25, -0.2) is 0 Å². The van der Waals surface area contributed by atoms with E-state index in [-0.39, 0.29) is 18.1 Å². The fraction of sp³-hybridized carbons (Fsp3) is 0.919. The zero-order valence-corrected chi connectivity index (χ0v) is 28.2. The highest BCUT2D eigenvalue weighted by atomic mass is 16.3. The molecule has 1 amide bonds. The first kappa shape index (κ1) is 40.1. The molecular formula is C37H74N2O2. The third-order valence-electron chi connectivity index (χ3n) is 8.43. The lowest BCUT2D eigenvalue weighted by Crippen LogP contribution is -2.43. The standard InChI is InChI=1S/C37H74N2O2/c1-4-6-8-10-12-14-16-18-19-20-22-24-26-28-30-32-37(41)39-35(34-38-3)33-36(40)31-29-27-25-23-21-17-15-13-11-9-7-5-2/h18-19,35-36,38,40H,4-17,20-34H2,1-3H3,(H,39,41)/b19-18-. The highest BCUT2D eigenvalue weighted by Gasteiger charge is 2.16. The molecule has 0 aromatic heterocycles. The van der Waals surface area contributed by atoms with Crippen molar-refractivity contribution in [2.24, 2.45) is 0 Å². The maximum atomic E-state index is 12.5. The third kappa shape index (κ3) is 31.9. The average molecular weight is 579 g/mol. The molecule has 244 valence electrons. The van der Waals surface area contributed by atoms with E-state index in [2.05, 4.69) is 36.6 Å². The lowest BCUT2D eigenvalue weighted by atomic mass is 10.0. The van der Waals surface area contributed by atoms with Gasteiger partial charge >= 0.3 is 0 Å². The summed E-state index contributed by atoms with van der Waals surface area (Å²) in [6, 6.07) is 0.0166. The number of rotatable bonds is 33. The second kappa shape index (κ2) is 33.6. The smallest absolute Gasteiger partial charge is 0.220 e. The molecule has 41 heavy (non-hydrogen) atoms. The number of hydrogen-bond donors (Lipinski definition) is 3. The molecule has 0 aromatic carbocycles. The molecule has 2 unspecified atom stereocenters. The molecule has 4 nitrogen and oxygen atoms in total.